The second kappa shape index (κ2) is 7.78. The van der Waals surface area contributed by atoms with Crippen LogP contribution in [0.4, 0.5) is 13.2 Å². The lowest BCUT2D eigenvalue weighted by atomic mass is 10.0. The van der Waals surface area contributed by atoms with E-state index in [0.29, 0.717) is 0 Å². The molecule has 1 unspecified atom stereocenters. The molecule has 8 heteroatoms. The maximum absolute atomic E-state index is 14.3. The predicted octanol–water partition coefficient (Wildman–Crippen LogP) is 4.14. The van der Waals surface area contributed by atoms with E-state index in [1.165, 1.54) is 26.8 Å². The van der Waals surface area contributed by atoms with E-state index in [2.05, 4.69) is 9.13 Å². The van der Waals surface area contributed by atoms with Crippen molar-refractivity contribution in [2.24, 2.45) is 4.40 Å². The zero-order valence-electron chi connectivity index (χ0n) is 15.0. The highest BCUT2D eigenvalue weighted by atomic mass is 32.2. The van der Waals surface area contributed by atoms with Crippen molar-refractivity contribution in [2.45, 2.75) is 58.3 Å². The highest BCUT2D eigenvalue weighted by Gasteiger charge is 2.45. The second-order valence-electron chi connectivity index (χ2n) is 6.76. The van der Waals surface area contributed by atoms with Gasteiger partial charge in [-0.1, -0.05) is 10.5 Å². The fraction of sp³-hybridized carbons (Fsp3) is 0.529. The first-order chi connectivity index (χ1) is 11.3. The van der Waals surface area contributed by atoms with Crippen molar-refractivity contribution in [3.05, 3.63) is 35.1 Å². The SMILES string of the molecule is CC(=N[S+]([O-])C(C)(C)C)c1ccc(F)c(C(F)(F)C(=O)OC(C)C)c1. The van der Waals surface area contributed by atoms with Crippen LogP contribution in [0, 0.1) is 5.82 Å². The van der Waals surface area contributed by atoms with Gasteiger partial charge in [0.2, 0.25) is 0 Å². The number of esters is 1. The number of hydrogen-bond acceptors (Lipinski definition) is 4. The lowest BCUT2D eigenvalue weighted by Crippen LogP contribution is -2.31. The Bertz CT molecular complexity index is 670. The van der Waals surface area contributed by atoms with E-state index in [1.807, 2.05) is 0 Å². The molecule has 0 aliphatic rings. The Morgan fingerprint density at radius 3 is 2.32 bits per heavy atom. The summed E-state index contributed by atoms with van der Waals surface area (Å²) in [6.07, 6.45) is -0.762. The summed E-state index contributed by atoms with van der Waals surface area (Å²) < 4.78 is 62.3. The molecule has 0 radical (unpaired) electrons. The van der Waals surface area contributed by atoms with Gasteiger partial charge in [-0.25, -0.2) is 9.18 Å². The minimum atomic E-state index is -4.15. The van der Waals surface area contributed by atoms with Crippen molar-refractivity contribution in [2.75, 3.05) is 0 Å². The third kappa shape index (κ3) is 5.47. The van der Waals surface area contributed by atoms with Crippen LogP contribution >= 0.6 is 0 Å². The standard InChI is InChI=1S/C17H22F3NO3S/c1-10(2)24-15(22)17(19,20)13-9-12(7-8-14(13)18)11(3)21-25(23)16(4,5)6/h7-10H,1-6H3. The number of rotatable bonds is 5. The Kier molecular flexibility index (Phi) is 6.69. The van der Waals surface area contributed by atoms with Gasteiger partial charge in [0, 0.05) is 5.56 Å². The van der Waals surface area contributed by atoms with Gasteiger partial charge in [-0.05, 0) is 53.7 Å². The lowest BCUT2D eigenvalue weighted by molar-refractivity contribution is -0.178. The molecular formula is C17H22F3NO3S. The van der Waals surface area contributed by atoms with E-state index in [1.54, 1.807) is 20.8 Å². The zero-order chi connectivity index (χ0) is 19.6. The summed E-state index contributed by atoms with van der Waals surface area (Å²) in [7, 11) is 0. The molecule has 0 heterocycles. The Balaban J connectivity index is 3.28. The maximum atomic E-state index is 14.3. The molecule has 0 saturated carbocycles. The van der Waals surface area contributed by atoms with E-state index in [9.17, 15) is 22.5 Å². The Morgan fingerprint density at radius 2 is 1.84 bits per heavy atom. The quantitative estimate of drug-likeness (QED) is 0.440. The molecule has 0 bridgehead atoms. The number of alkyl halides is 2. The average molecular weight is 377 g/mol. The van der Waals surface area contributed by atoms with Crippen LogP contribution in [0.3, 0.4) is 0 Å². The summed E-state index contributed by atoms with van der Waals surface area (Å²) >= 11 is -1.60. The molecular weight excluding hydrogens is 355 g/mol. The van der Waals surface area contributed by atoms with Crippen molar-refractivity contribution in [3.8, 4) is 0 Å². The van der Waals surface area contributed by atoms with Crippen molar-refractivity contribution in [3.63, 3.8) is 0 Å². The summed E-state index contributed by atoms with van der Waals surface area (Å²) in [5.74, 6) is -7.21. The number of halogens is 3. The van der Waals surface area contributed by atoms with Crippen LogP contribution in [0.1, 0.15) is 52.7 Å². The molecule has 0 fully saturated rings. The van der Waals surface area contributed by atoms with E-state index in [0.717, 1.165) is 12.1 Å². The smallest absolute Gasteiger partial charge is 0.382 e. The van der Waals surface area contributed by atoms with Gasteiger partial charge in [0.15, 0.2) is 0 Å². The summed E-state index contributed by atoms with van der Waals surface area (Å²) in [6.45, 7) is 9.45. The third-order valence-corrected chi connectivity index (χ3v) is 4.55. The topological polar surface area (TPSA) is 61.7 Å². The number of hydrogen-bond donors (Lipinski definition) is 0. The third-order valence-electron chi connectivity index (χ3n) is 3.07. The van der Waals surface area contributed by atoms with Crippen molar-refractivity contribution in [1.82, 2.24) is 0 Å². The number of carbonyl (C=O) groups excluding carboxylic acids is 1. The van der Waals surface area contributed by atoms with Crippen LogP contribution in [0.2, 0.25) is 0 Å². The van der Waals surface area contributed by atoms with Crippen LogP contribution in [-0.2, 0) is 26.8 Å². The summed E-state index contributed by atoms with van der Waals surface area (Å²) in [5, 5.41) is 0. The van der Waals surface area contributed by atoms with Crippen molar-refractivity contribution in [1.29, 1.82) is 0 Å². The average Bonchev–Trinajstić information content (AvgIpc) is 2.45. The Morgan fingerprint density at radius 1 is 1.28 bits per heavy atom. The first-order valence-electron chi connectivity index (χ1n) is 7.63. The van der Waals surface area contributed by atoms with Crippen LogP contribution in [0.25, 0.3) is 0 Å². The zero-order valence-corrected chi connectivity index (χ0v) is 15.8. The molecule has 0 aromatic heterocycles. The van der Waals surface area contributed by atoms with Crippen LogP contribution in [0.5, 0.6) is 0 Å². The minimum absolute atomic E-state index is 0.144. The molecule has 1 aromatic carbocycles. The number of nitrogens with zero attached hydrogens (tertiary/aromatic N) is 1. The minimum Gasteiger partial charge on any atom is -0.591 e. The van der Waals surface area contributed by atoms with Crippen molar-refractivity contribution >= 4 is 23.0 Å². The number of ether oxygens (including phenoxy) is 1. The van der Waals surface area contributed by atoms with Gasteiger partial charge in [-0.3, -0.25) is 0 Å². The first kappa shape index (κ1) is 21.5. The predicted molar refractivity (Wildman–Crippen MR) is 91.6 cm³/mol. The van der Waals surface area contributed by atoms with Gasteiger partial charge in [0.1, 0.15) is 21.9 Å². The molecule has 0 N–H and O–H groups in total. The van der Waals surface area contributed by atoms with Crippen molar-refractivity contribution < 1.29 is 27.3 Å². The normalized spacial score (nSPS) is 14.6. The van der Waals surface area contributed by atoms with Gasteiger partial charge < -0.3 is 9.29 Å². The summed E-state index contributed by atoms with van der Waals surface area (Å²) in [6, 6.07) is 2.89. The first-order valence-corrected chi connectivity index (χ1v) is 8.74. The molecule has 1 atom stereocenters. The van der Waals surface area contributed by atoms with Crippen LogP contribution in [0.15, 0.2) is 22.6 Å². The molecule has 1 rings (SSSR count). The van der Waals surface area contributed by atoms with Crippen LogP contribution in [-0.4, -0.2) is 27.1 Å². The number of benzene rings is 1. The lowest BCUT2D eigenvalue weighted by Gasteiger charge is -2.20. The molecule has 25 heavy (non-hydrogen) atoms. The Labute approximate surface area is 148 Å². The molecule has 0 spiro atoms. The van der Waals surface area contributed by atoms with Gasteiger partial charge in [0.05, 0.1) is 17.4 Å². The van der Waals surface area contributed by atoms with Gasteiger partial charge in [0.25, 0.3) is 0 Å². The Hall–Kier alpha value is -1.54. The van der Waals surface area contributed by atoms with Gasteiger partial charge in [-0.15, -0.1) is 0 Å². The fourth-order valence-electron chi connectivity index (χ4n) is 1.70. The van der Waals surface area contributed by atoms with Gasteiger partial charge >= 0.3 is 11.9 Å². The molecule has 0 aliphatic heterocycles. The second-order valence-corrected chi connectivity index (χ2v) is 8.67. The van der Waals surface area contributed by atoms with E-state index in [-0.39, 0.29) is 11.3 Å². The highest BCUT2D eigenvalue weighted by molar-refractivity contribution is 7.91. The largest absolute Gasteiger partial charge is 0.591 e. The molecule has 0 saturated heterocycles. The monoisotopic (exact) mass is 377 g/mol. The fourth-order valence-corrected chi connectivity index (χ4v) is 2.33. The van der Waals surface area contributed by atoms with Crippen LogP contribution < -0.4 is 0 Å². The molecule has 1 aromatic rings. The van der Waals surface area contributed by atoms with E-state index in [4.69, 9.17) is 0 Å². The molecule has 0 aliphatic carbocycles. The number of carbonyl (C=O) groups is 1. The molecule has 4 nitrogen and oxygen atoms in total. The summed E-state index contributed by atoms with van der Waals surface area (Å²) in [4.78, 5) is 11.6. The van der Waals surface area contributed by atoms with E-state index >= 15 is 0 Å². The highest BCUT2D eigenvalue weighted by Crippen LogP contribution is 2.33. The molecule has 140 valence electrons. The summed E-state index contributed by atoms with van der Waals surface area (Å²) in [5.41, 5.74) is -0.764. The maximum Gasteiger partial charge on any atom is 0.382 e. The van der Waals surface area contributed by atoms with E-state index < -0.39 is 45.5 Å². The van der Waals surface area contributed by atoms with Gasteiger partial charge in [-0.2, -0.15) is 8.78 Å². The molecule has 0 amide bonds.